The molecular weight excluding hydrogens is 597 g/mol. The van der Waals surface area contributed by atoms with Crippen LogP contribution in [-0.2, 0) is 0 Å². The van der Waals surface area contributed by atoms with Crippen LogP contribution in [0.25, 0.3) is 11.3 Å². The SMILES string of the molecule is C=C(O)c1ccc(C2=CC[C@]3(C)[C@H]4CC[C@@H]5[C@H]6[C@H](C(=C)C)CC[C@]6(CNCCN(C(C)C)C(C)C)CC[C@@]5(C)[C@]4(C)CC[C@H]3C2(C)C)cc1. The molecule has 5 aliphatic rings. The van der Waals surface area contributed by atoms with Gasteiger partial charge in [-0.2, -0.15) is 0 Å². The lowest BCUT2D eigenvalue weighted by Gasteiger charge is -2.72. The van der Waals surface area contributed by atoms with Crippen molar-refractivity contribution in [2.75, 3.05) is 19.6 Å². The molecule has 272 valence electrons. The Morgan fingerprint density at radius 2 is 1.53 bits per heavy atom. The minimum atomic E-state index is 0.106. The lowest BCUT2D eigenvalue weighted by Crippen LogP contribution is -2.66. The van der Waals surface area contributed by atoms with Gasteiger partial charge in [-0.3, -0.25) is 4.90 Å². The summed E-state index contributed by atoms with van der Waals surface area (Å²) in [5.41, 5.74) is 6.65. The number of hydrogen-bond donors (Lipinski definition) is 2. The monoisotopic (exact) mass is 669 g/mol. The van der Waals surface area contributed by atoms with E-state index < -0.39 is 0 Å². The summed E-state index contributed by atoms with van der Waals surface area (Å²) in [6.45, 7) is 36.9. The number of benzene rings is 1. The van der Waals surface area contributed by atoms with Crippen LogP contribution in [0.5, 0.6) is 0 Å². The fourth-order valence-corrected chi connectivity index (χ4v) is 14.2. The number of nitrogens with one attached hydrogen (secondary N) is 1. The molecule has 0 bridgehead atoms. The maximum atomic E-state index is 9.94. The van der Waals surface area contributed by atoms with Gasteiger partial charge in [-0.15, -0.1) is 0 Å². The molecule has 1 aromatic carbocycles. The first-order chi connectivity index (χ1) is 22.9. The van der Waals surface area contributed by atoms with E-state index in [-0.39, 0.29) is 11.2 Å². The van der Waals surface area contributed by atoms with Crippen molar-refractivity contribution in [3.63, 3.8) is 0 Å². The summed E-state index contributed by atoms with van der Waals surface area (Å²) in [4.78, 5) is 2.64. The molecule has 6 rings (SSSR count). The highest BCUT2D eigenvalue weighted by atomic mass is 16.3. The summed E-state index contributed by atoms with van der Waals surface area (Å²) in [7, 11) is 0. The van der Waals surface area contributed by atoms with E-state index in [1.54, 1.807) is 0 Å². The van der Waals surface area contributed by atoms with Crippen molar-refractivity contribution in [3.8, 4) is 0 Å². The molecule has 0 heterocycles. The second-order valence-electron chi connectivity index (χ2n) is 19.7. The molecule has 2 N–H and O–H groups in total. The molecule has 0 aliphatic heterocycles. The zero-order valence-electron chi connectivity index (χ0n) is 33.2. The third-order valence-corrected chi connectivity index (χ3v) is 16.7. The zero-order valence-corrected chi connectivity index (χ0v) is 33.2. The van der Waals surface area contributed by atoms with Crippen molar-refractivity contribution in [2.24, 2.45) is 56.7 Å². The van der Waals surface area contributed by atoms with E-state index in [0.717, 1.165) is 36.4 Å². The number of hydrogen-bond acceptors (Lipinski definition) is 3. The first-order valence-electron chi connectivity index (χ1n) is 20.2. The van der Waals surface area contributed by atoms with Gasteiger partial charge in [0, 0.05) is 37.3 Å². The summed E-state index contributed by atoms with van der Waals surface area (Å²) in [6.07, 6.45) is 14.8. The Hall–Kier alpha value is -1.84. The van der Waals surface area contributed by atoms with Gasteiger partial charge in [-0.25, -0.2) is 0 Å². The van der Waals surface area contributed by atoms with E-state index in [1.807, 2.05) is 12.1 Å². The first kappa shape index (κ1) is 36.9. The van der Waals surface area contributed by atoms with Gasteiger partial charge < -0.3 is 10.4 Å². The normalized spacial score (nSPS) is 39.6. The molecule has 1 aromatic rings. The van der Waals surface area contributed by atoms with Crippen molar-refractivity contribution in [1.82, 2.24) is 10.2 Å². The van der Waals surface area contributed by atoms with Gasteiger partial charge >= 0.3 is 0 Å². The van der Waals surface area contributed by atoms with Crippen LogP contribution in [0.4, 0.5) is 0 Å². The van der Waals surface area contributed by atoms with Crippen LogP contribution in [-0.4, -0.2) is 41.7 Å². The largest absolute Gasteiger partial charge is 0.508 e. The first-order valence-corrected chi connectivity index (χ1v) is 20.2. The summed E-state index contributed by atoms with van der Waals surface area (Å²) in [5.74, 6) is 3.80. The van der Waals surface area contributed by atoms with E-state index in [0.29, 0.717) is 45.6 Å². The Labute approximate surface area is 301 Å². The molecule has 49 heavy (non-hydrogen) atoms. The number of aliphatic hydroxyl groups excluding tert-OH is 1. The van der Waals surface area contributed by atoms with Gasteiger partial charge in [-0.1, -0.05) is 83.7 Å². The Bertz CT molecular complexity index is 1430. The van der Waals surface area contributed by atoms with E-state index in [1.165, 1.54) is 81.0 Å². The molecule has 9 atom stereocenters. The lowest BCUT2D eigenvalue weighted by molar-refractivity contribution is -0.225. The Morgan fingerprint density at radius 1 is 0.857 bits per heavy atom. The van der Waals surface area contributed by atoms with Crippen molar-refractivity contribution in [1.29, 1.82) is 0 Å². The van der Waals surface area contributed by atoms with Gasteiger partial charge in [-0.05, 0) is 160 Å². The second-order valence-corrected chi connectivity index (χ2v) is 19.7. The third kappa shape index (κ3) is 5.75. The number of allylic oxidation sites excluding steroid dienone is 3. The number of fused-ring (bicyclic) bond motifs is 7. The summed E-state index contributed by atoms with van der Waals surface area (Å²) in [6, 6.07) is 9.67. The minimum absolute atomic E-state index is 0.106. The standard InChI is InChI=1S/C46H72N2O/c1-30(2)36-19-24-46(29-47-27-28-48(31(3)4)32(5)6)26-25-44(11)38(41(36)46)17-18-40-43(10)22-20-37(35-15-13-34(14-16-35)33(7)49)42(8,9)39(43)21-23-45(40,44)12/h13-16,20,31-32,36,38-41,47,49H,1,7,17-19,21-29H2,2-6,8-12H3/t36-,38+,39-,40+,41+,43-,44+,45+,46+/m0/s1. The molecule has 0 spiro atoms. The van der Waals surface area contributed by atoms with Gasteiger partial charge in [0.2, 0.25) is 0 Å². The molecular formula is C46H72N2O. The number of rotatable bonds is 10. The van der Waals surface area contributed by atoms with Gasteiger partial charge in [0.15, 0.2) is 0 Å². The Morgan fingerprint density at radius 3 is 2.14 bits per heavy atom. The molecule has 4 saturated carbocycles. The Kier molecular flexibility index (Phi) is 9.78. The molecule has 0 unspecified atom stereocenters. The fourth-order valence-electron chi connectivity index (χ4n) is 14.2. The highest BCUT2D eigenvalue weighted by molar-refractivity contribution is 5.73. The van der Waals surface area contributed by atoms with Gasteiger partial charge in [0.1, 0.15) is 5.76 Å². The average Bonchev–Trinajstić information content (AvgIpc) is 3.41. The lowest BCUT2D eigenvalue weighted by atomic mass is 9.32. The third-order valence-electron chi connectivity index (χ3n) is 16.7. The van der Waals surface area contributed by atoms with E-state index in [4.69, 9.17) is 0 Å². The molecule has 0 amide bonds. The number of aliphatic hydroxyl groups is 1. The number of nitrogens with zero attached hydrogens (tertiary/aromatic N) is 1. The molecule has 5 aliphatic carbocycles. The van der Waals surface area contributed by atoms with Gasteiger partial charge in [0.05, 0.1) is 0 Å². The predicted octanol–water partition coefficient (Wildman–Crippen LogP) is 11.6. The Balaban J connectivity index is 1.27. The quantitative estimate of drug-likeness (QED) is 0.148. The van der Waals surface area contributed by atoms with Crippen LogP contribution in [0.3, 0.4) is 0 Å². The molecule has 3 nitrogen and oxygen atoms in total. The van der Waals surface area contributed by atoms with Crippen molar-refractivity contribution in [3.05, 3.63) is 60.2 Å². The van der Waals surface area contributed by atoms with Crippen LogP contribution < -0.4 is 5.32 Å². The van der Waals surface area contributed by atoms with Gasteiger partial charge in [0.25, 0.3) is 0 Å². The second kappa shape index (κ2) is 13.0. The predicted molar refractivity (Wildman–Crippen MR) is 210 cm³/mol. The molecule has 0 saturated heterocycles. The highest BCUT2D eigenvalue weighted by Gasteiger charge is 2.70. The molecule has 3 heteroatoms. The van der Waals surface area contributed by atoms with E-state index in [2.05, 4.69) is 111 Å². The smallest absolute Gasteiger partial charge is 0.115 e. The van der Waals surface area contributed by atoms with Crippen molar-refractivity contribution in [2.45, 2.75) is 139 Å². The zero-order chi connectivity index (χ0) is 35.7. The molecule has 0 radical (unpaired) electrons. The maximum Gasteiger partial charge on any atom is 0.115 e. The summed E-state index contributed by atoms with van der Waals surface area (Å²) < 4.78 is 0. The maximum absolute atomic E-state index is 9.94. The molecule has 4 fully saturated rings. The van der Waals surface area contributed by atoms with Crippen molar-refractivity contribution >= 4 is 11.3 Å². The van der Waals surface area contributed by atoms with Crippen LogP contribution in [0.15, 0.2) is 49.1 Å². The minimum Gasteiger partial charge on any atom is -0.508 e. The fraction of sp³-hybridized carbons (Fsp3) is 0.739. The van der Waals surface area contributed by atoms with Crippen LogP contribution >= 0.6 is 0 Å². The highest BCUT2D eigenvalue weighted by Crippen LogP contribution is 2.77. The van der Waals surface area contributed by atoms with Crippen LogP contribution in [0, 0.1) is 56.7 Å². The van der Waals surface area contributed by atoms with E-state index in [9.17, 15) is 5.11 Å². The van der Waals surface area contributed by atoms with Crippen LogP contribution in [0.2, 0.25) is 0 Å². The van der Waals surface area contributed by atoms with Crippen LogP contribution in [0.1, 0.15) is 138 Å². The van der Waals surface area contributed by atoms with E-state index >= 15 is 0 Å². The summed E-state index contributed by atoms with van der Waals surface area (Å²) in [5, 5.41) is 14.0. The molecule has 0 aromatic heterocycles. The average molecular weight is 669 g/mol. The summed E-state index contributed by atoms with van der Waals surface area (Å²) >= 11 is 0. The topological polar surface area (TPSA) is 35.5 Å². The van der Waals surface area contributed by atoms with Crippen molar-refractivity contribution < 1.29 is 5.11 Å².